The van der Waals surface area contributed by atoms with Gasteiger partial charge in [-0.25, -0.2) is 4.98 Å². The summed E-state index contributed by atoms with van der Waals surface area (Å²) >= 11 is 0. The first kappa shape index (κ1) is 19.5. The molecule has 0 unspecified atom stereocenters. The highest BCUT2D eigenvalue weighted by molar-refractivity contribution is 5.97. The van der Waals surface area contributed by atoms with E-state index in [4.69, 9.17) is 4.74 Å². The van der Waals surface area contributed by atoms with Gasteiger partial charge in [0.15, 0.2) is 0 Å². The number of pyridine rings is 1. The van der Waals surface area contributed by atoms with Crippen LogP contribution in [0.5, 0.6) is 5.75 Å². The van der Waals surface area contributed by atoms with Gasteiger partial charge in [-0.15, -0.1) is 0 Å². The minimum absolute atomic E-state index is 0.0333. The number of benzene rings is 1. The number of nitrogens with zero attached hydrogens (tertiary/aromatic N) is 3. The van der Waals surface area contributed by atoms with Crippen LogP contribution in [0.4, 0.5) is 0 Å². The lowest BCUT2D eigenvalue weighted by molar-refractivity contribution is 0.0674. The van der Waals surface area contributed by atoms with E-state index in [-0.39, 0.29) is 5.91 Å². The average molecular weight is 392 g/mol. The fraction of sp³-hybridized carbons (Fsp3) is 0.417. The number of aryl methyl sites for hydroxylation is 1. The number of carbonyl (C=O) groups excluding carboxylic acids is 1. The minimum Gasteiger partial charge on any atom is -0.486 e. The van der Waals surface area contributed by atoms with Crippen LogP contribution in [0.2, 0.25) is 0 Å². The summed E-state index contributed by atoms with van der Waals surface area (Å²) in [5.74, 6) is 1.41. The molecule has 0 radical (unpaired) electrons. The number of hydrogen-bond donors (Lipinski definition) is 0. The standard InChI is InChI=1S/C24H29N3O2/c1-17-10-12-20(13-11-17)26(3)24(28)21-8-4-5-9-22(21)29-16-19-15-27-14-6-7-18(2)23(27)25-19/h4-9,14-15,17,20H,10-13,16H2,1-3H3. The quantitative estimate of drug-likeness (QED) is 0.623. The minimum atomic E-state index is 0.0333. The van der Waals surface area contributed by atoms with Gasteiger partial charge in [0.2, 0.25) is 0 Å². The van der Waals surface area contributed by atoms with E-state index in [1.54, 1.807) is 0 Å². The molecule has 0 N–H and O–H groups in total. The molecule has 2 heterocycles. The van der Waals surface area contributed by atoms with Crippen molar-refractivity contribution >= 4 is 11.6 Å². The van der Waals surface area contributed by atoms with E-state index in [1.807, 2.05) is 72.1 Å². The number of carbonyl (C=O) groups is 1. The lowest BCUT2D eigenvalue weighted by Crippen LogP contribution is -2.39. The molecule has 152 valence electrons. The van der Waals surface area contributed by atoms with E-state index in [0.717, 1.165) is 35.7 Å². The van der Waals surface area contributed by atoms with Crippen molar-refractivity contribution in [2.45, 2.75) is 52.2 Å². The molecule has 1 aliphatic rings. The highest BCUT2D eigenvalue weighted by atomic mass is 16.5. The van der Waals surface area contributed by atoms with Crippen LogP contribution < -0.4 is 4.74 Å². The molecule has 0 aliphatic heterocycles. The topological polar surface area (TPSA) is 46.8 Å². The van der Waals surface area contributed by atoms with Crippen molar-refractivity contribution in [3.63, 3.8) is 0 Å². The van der Waals surface area contributed by atoms with Crippen molar-refractivity contribution in [2.75, 3.05) is 7.05 Å². The third-order valence-corrected chi connectivity index (χ3v) is 6.07. The maximum Gasteiger partial charge on any atom is 0.257 e. The van der Waals surface area contributed by atoms with Crippen LogP contribution in [-0.4, -0.2) is 33.3 Å². The lowest BCUT2D eigenvalue weighted by atomic mass is 9.86. The molecule has 29 heavy (non-hydrogen) atoms. The van der Waals surface area contributed by atoms with Crippen LogP contribution in [0, 0.1) is 12.8 Å². The van der Waals surface area contributed by atoms with Gasteiger partial charge in [-0.05, 0) is 62.3 Å². The van der Waals surface area contributed by atoms with Gasteiger partial charge < -0.3 is 14.0 Å². The van der Waals surface area contributed by atoms with Crippen molar-refractivity contribution in [3.8, 4) is 5.75 Å². The maximum absolute atomic E-state index is 13.2. The maximum atomic E-state index is 13.2. The molecule has 4 rings (SSSR count). The second kappa shape index (κ2) is 8.27. The van der Waals surface area contributed by atoms with Crippen LogP contribution in [-0.2, 0) is 6.61 Å². The molecule has 1 aliphatic carbocycles. The number of ether oxygens (including phenoxy) is 1. The highest BCUT2D eigenvalue weighted by Crippen LogP contribution is 2.29. The van der Waals surface area contributed by atoms with Crippen LogP contribution >= 0.6 is 0 Å². The Morgan fingerprint density at radius 1 is 1.17 bits per heavy atom. The lowest BCUT2D eigenvalue weighted by Gasteiger charge is -2.33. The number of aromatic nitrogens is 2. The molecule has 2 aromatic heterocycles. The largest absolute Gasteiger partial charge is 0.486 e. The monoisotopic (exact) mass is 391 g/mol. The summed E-state index contributed by atoms with van der Waals surface area (Å²) in [5, 5.41) is 0. The van der Waals surface area contributed by atoms with Crippen molar-refractivity contribution < 1.29 is 9.53 Å². The zero-order valence-electron chi connectivity index (χ0n) is 17.5. The molecule has 1 saturated carbocycles. The van der Waals surface area contributed by atoms with Crippen molar-refractivity contribution in [2.24, 2.45) is 5.92 Å². The fourth-order valence-corrected chi connectivity index (χ4v) is 4.18. The van der Waals surface area contributed by atoms with E-state index < -0.39 is 0 Å². The Kier molecular flexibility index (Phi) is 5.56. The molecule has 3 aromatic rings. The molecular weight excluding hydrogens is 362 g/mol. The average Bonchev–Trinajstić information content (AvgIpc) is 3.16. The van der Waals surface area contributed by atoms with Gasteiger partial charge in [-0.3, -0.25) is 4.79 Å². The smallest absolute Gasteiger partial charge is 0.257 e. The summed E-state index contributed by atoms with van der Waals surface area (Å²) in [5.41, 5.74) is 3.52. The first-order valence-corrected chi connectivity index (χ1v) is 10.4. The first-order valence-electron chi connectivity index (χ1n) is 10.4. The van der Waals surface area contributed by atoms with Crippen LogP contribution in [0.1, 0.15) is 54.2 Å². The third kappa shape index (κ3) is 4.14. The highest BCUT2D eigenvalue weighted by Gasteiger charge is 2.27. The summed E-state index contributed by atoms with van der Waals surface area (Å²) in [6.07, 6.45) is 8.49. The molecule has 5 heteroatoms. The zero-order valence-corrected chi connectivity index (χ0v) is 17.5. The van der Waals surface area contributed by atoms with E-state index >= 15 is 0 Å². The SMILES string of the molecule is Cc1cccn2cc(COc3ccccc3C(=O)N(C)C3CCC(C)CC3)nc12. The van der Waals surface area contributed by atoms with E-state index in [1.165, 1.54) is 12.8 Å². The number of para-hydroxylation sites is 1. The summed E-state index contributed by atoms with van der Waals surface area (Å²) < 4.78 is 8.05. The molecule has 0 saturated heterocycles. The van der Waals surface area contributed by atoms with Gasteiger partial charge in [0.1, 0.15) is 18.0 Å². The number of amides is 1. The number of hydrogen-bond acceptors (Lipinski definition) is 3. The molecule has 0 spiro atoms. The van der Waals surface area contributed by atoms with Crippen LogP contribution in [0.3, 0.4) is 0 Å². The molecule has 0 bridgehead atoms. The Labute approximate surface area is 172 Å². The third-order valence-electron chi connectivity index (χ3n) is 6.07. The number of fused-ring (bicyclic) bond motifs is 1. The van der Waals surface area contributed by atoms with E-state index in [0.29, 0.717) is 24.0 Å². The zero-order chi connectivity index (χ0) is 20.4. The van der Waals surface area contributed by atoms with Gasteiger partial charge in [-0.1, -0.05) is 25.1 Å². The van der Waals surface area contributed by atoms with Crippen molar-refractivity contribution in [1.29, 1.82) is 0 Å². The summed E-state index contributed by atoms with van der Waals surface area (Å²) in [6.45, 7) is 4.67. The molecule has 1 amide bonds. The van der Waals surface area contributed by atoms with Gasteiger partial charge in [0.05, 0.1) is 11.3 Å². The Bertz CT molecular complexity index is 1000. The van der Waals surface area contributed by atoms with Crippen molar-refractivity contribution in [3.05, 3.63) is 65.6 Å². The summed E-state index contributed by atoms with van der Waals surface area (Å²) in [4.78, 5) is 19.7. The van der Waals surface area contributed by atoms with Crippen molar-refractivity contribution in [1.82, 2.24) is 14.3 Å². The first-order chi connectivity index (χ1) is 14.0. The number of rotatable bonds is 5. The van der Waals surface area contributed by atoms with Gasteiger partial charge in [0.25, 0.3) is 5.91 Å². The van der Waals surface area contributed by atoms with Gasteiger partial charge in [-0.2, -0.15) is 0 Å². The van der Waals surface area contributed by atoms with Crippen LogP contribution in [0.15, 0.2) is 48.8 Å². The molecule has 1 fully saturated rings. The van der Waals surface area contributed by atoms with Gasteiger partial charge >= 0.3 is 0 Å². The molecule has 0 atom stereocenters. The molecule has 1 aromatic carbocycles. The van der Waals surface area contributed by atoms with Crippen LogP contribution in [0.25, 0.3) is 5.65 Å². The number of imidazole rings is 1. The van der Waals surface area contributed by atoms with E-state index in [2.05, 4.69) is 11.9 Å². The Balaban J connectivity index is 1.48. The second-order valence-corrected chi connectivity index (χ2v) is 8.27. The fourth-order valence-electron chi connectivity index (χ4n) is 4.18. The molecule has 5 nitrogen and oxygen atoms in total. The predicted octanol–water partition coefficient (Wildman–Crippen LogP) is 4.87. The normalized spacial score (nSPS) is 19.3. The molecular formula is C24H29N3O2. The van der Waals surface area contributed by atoms with Gasteiger partial charge in [0, 0.05) is 25.5 Å². The second-order valence-electron chi connectivity index (χ2n) is 8.27. The summed E-state index contributed by atoms with van der Waals surface area (Å²) in [7, 11) is 1.92. The Hall–Kier alpha value is -2.82. The summed E-state index contributed by atoms with van der Waals surface area (Å²) in [6, 6.07) is 11.9. The van der Waals surface area contributed by atoms with E-state index in [9.17, 15) is 4.79 Å². The predicted molar refractivity (Wildman–Crippen MR) is 114 cm³/mol. The Morgan fingerprint density at radius 3 is 2.69 bits per heavy atom. The Morgan fingerprint density at radius 2 is 1.93 bits per heavy atom.